The van der Waals surface area contributed by atoms with Crippen LogP contribution >= 0.6 is 0 Å². The number of amides is 2. The van der Waals surface area contributed by atoms with Gasteiger partial charge in [0.2, 0.25) is 5.91 Å². The highest BCUT2D eigenvalue weighted by molar-refractivity contribution is 7.91. The summed E-state index contributed by atoms with van der Waals surface area (Å²) in [5.74, 6) is -1.28. The van der Waals surface area contributed by atoms with E-state index in [2.05, 4.69) is 0 Å². The van der Waals surface area contributed by atoms with Gasteiger partial charge in [-0.1, -0.05) is 0 Å². The van der Waals surface area contributed by atoms with Crippen LogP contribution in [0.25, 0.3) is 0 Å². The van der Waals surface area contributed by atoms with E-state index in [1.807, 2.05) is 0 Å². The second-order valence-corrected chi connectivity index (χ2v) is 7.36. The summed E-state index contributed by atoms with van der Waals surface area (Å²) in [4.78, 5) is 25.1. The van der Waals surface area contributed by atoms with Crippen molar-refractivity contribution in [2.24, 2.45) is 0 Å². The molecule has 2 amide bonds. The number of carbonyl (C=O) groups excluding carboxylic acids is 1. The lowest BCUT2D eigenvalue weighted by Crippen LogP contribution is -2.58. The molecule has 1 aromatic carbocycles. The summed E-state index contributed by atoms with van der Waals surface area (Å²) >= 11 is 0. The third-order valence-corrected chi connectivity index (χ3v) is 5.56. The standard InChI is InChI=1S/C14H17FN2O5S/c1-10(18)17-7-6-16(14(19)20)8-12(17)9-23(21,22)13-4-2-11(15)3-5-13/h2-5,12H,6-9H2,1H3,(H,19,20)/t12-/m0/s1. The van der Waals surface area contributed by atoms with Gasteiger partial charge in [-0.3, -0.25) is 4.79 Å². The Balaban J connectivity index is 2.23. The first-order valence-corrected chi connectivity index (χ1v) is 8.59. The zero-order valence-electron chi connectivity index (χ0n) is 12.5. The molecule has 7 nitrogen and oxygen atoms in total. The molecule has 0 radical (unpaired) electrons. The molecule has 0 unspecified atom stereocenters. The Kier molecular flexibility index (Phi) is 4.88. The van der Waals surface area contributed by atoms with E-state index >= 15 is 0 Å². The Morgan fingerprint density at radius 1 is 1.26 bits per heavy atom. The number of hydrogen-bond acceptors (Lipinski definition) is 4. The lowest BCUT2D eigenvalue weighted by molar-refractivity contribution is -0.132. The number of hydrogen-bond donors (Lipinski definition) is 1. The summed E-state index contributed by atoms with van der Waals surface area (Å²) in [6.07, 6.45) is -1.16. The van der Waals surface area contributed by atoms with Crippen molar-refractivity contribution in [1.82, 2.24) is 9.80 Å². The first-order valence-electron chi connectivity index (χ1n) is 6.94. The van der Waals surface area contributed by atoms with Gasteiger partial charge >= 0.3 is 6.09 Å². The molecule has 9 heteroatoms. The van der Waals surface area contributed by atoms with E-state index in [1.165, 1.54) is 11.8 Å². The van der Waals surface area contributed by atoms with Crippen LogP contribution in [0.3, 0.4) is 0 Å². The van der Waals surface area contributed by atoms with Gasteiger partial charge in [-0.25, -0.2) is 17.6 Å². The molecule has 126 valence electrons. The molecule has 1 aliphatic rings. The summed E-state index contributed by atoms with van der Waals surface area (Å²) in [5, 5.41) is 9.06. The summed E-state index contributed by atoms with van der Waals surface area (Å²) in [6, 6.07) is 3.62. The van der Waals surface area contributed by atoms with Gasteiger partial charge in [0.15, 0.2) is 9.84 Å². The molecule has 1 aliphatic heterocycles. The predicted molar refractivity (Wildman–Crippen MR) is 79.2 cm³/mol. The quantitative estimate of drug-likeness (QED) is 0.819. The van der Waals surface area contributed by atoms with Gasteiger partial charge in [-0.05, 0) is 24.3 Å². The number of nitrogens with zero attached hydrogens (tertiary/aromatic N) is 2. The molecule has 0 aliphatic carbocycles. The van der Waals surface area contributed by atoms with Gasteiger partial charge in [0.05, 0.1) is 16.7 Å². The maximum absolute atomic E-state index is 12.9. The van der Waals surface area contributed by atoms with Crippen molar-refractivity contribution in [3.63, 3.8) is 0 Å². The van der Waals surface area contributed by atoms with Crippen molar-refractivity contribution in [1.29, 1.82) is 0 Å². The fraction of sp³-hybridized carbons (Fsp3) is 0.429. The molecule has 1 heterocycles. The zero-order valence-corrected chi connectivity index (χ0v) is 13.3. The van der Waals surface area contributed by atoms with Crippen molar-refractivity contribution in [3.05, 3.63) is 30.1 Å². The maximum atomic E-state index is 12.9. The lowest BCUT2D eigenvalue weighted by atomic mass is 10.2. The zero-order chi connectivity index (χ0) is 17.2. The van der Waals surface area contributed by atoms with E-state index in [1.54, 1.807) is 0 Å². The molecule has 0 spiro atoms. The number of carbonyl (C=O) groups is 2. The molecule has 2 rings (SSSR count). The molecule has 0 saturated carbocycles. The highest BCUT2D eigenvalue weighted by atomic mass is 32.2. The number of piperazine rings is 1. The Bertz CT molecular complexity index is 704. The molecule has 1 atom stereocenters. The van der Waals surface area contributed by atoms with Crippen LogP contribution in [0.15, 0.2) is 29.2 Å². The largest absolute Gasteiger partial charge is 0.465 e. The molecule has 1 N–H and O–H groups in total. The van der Waals surface area contributed by atoms with Crippen LogP contribution in [0.4, 0.5) is 9.18 Å². The second kappa shape index (κ2) is 6.53. The molecular weight excluding hydrogens is 327 g/mol. The Morgan fingerprint density at radius 3 is 2.39 bits per heavy atom. The fourth-order valence-electron chi connectivity index (χ4n) is 2.58. The maximum Gasteiger partial charge on any atom is 0.407 e. The molecule has 0 bridgehead atoms. The third kappa shape index (κ3) is 3.98. The molecule has 0 aromatic heterocycles. The first-order chi connectivity index (χ1) is 10.7. The van der Waals surface area contributed by atoms with Gasteiger partial charge in [0, 0.05) is 26.6 Å². The first kappa shape index (κ1) is 17.2. The molecule has 1 saturated heterocycles. The second-order valence-electron chi connectivity index (χ2n) is 5.33. The number of halogens is 1. The van der Waals surface area contributed by atoms with E-state index in [-0.39, 0.29) is 30.4 Å². The Morgan fingerprint density at radius 2 is 1.87 bits per heavy atom. The van der Waals surface area contributed by atoms with E-state index in [9.17, 15) is 22.4 Å². The fourth-order valence-corrected chi connectivity index (χ4v) is 4.11. The van der Waals surface area contributed by atoms with Crippen LogP contribution in [-0.4, -0.2) is 66.8 Å². The third-order valence-electron chi connectivity index (χ3n) is 3.74. The van der Waals surface area contributed by atoms with Crippen LogP contribution in [0, 0.1) is 5.82 Å². The molecular formula is C14H17FN2O5S. The average molecular weight is 344 g/mol. The number of rotatable bonds is 3. The average Bonchev–Trinajstić information content (AvgIpc) is 2.46. The van der Waals surface area contributed by atoms with Gasteiger partial charge < -0.3 is 14.9 Å². The lowest BCUT2D eigenvalue weighted by Gasteiger charge is -2.39. The monoisotopic (exact) mass is 344 g/mol. The summed E-state index contributed by atoms with van der Waals surface area (Å²) in [6.45, 7) is 1.52. The van der Waals surface area contributed by atoms with E-state index in [4.69, 9.17) is 5.11 Å². The molecule has 1 fully saturated rings. The van der Waals surface area contributed by atoms with E-state index in [0.717, 1.165) is 29.2 Å². The number of carboxylic acid groups (broad SMARTS) is 1. The van der Waals surface area contributed by atoms with Crippen LogP contribution < -0.4 is 0 Å². The van der Waals surface area contributed by atoms with E-state index in [0.29, 0.717) is 0 Å². The van der Waals surface area contributed by atoms with Gasteiger partial charge in [0.25, 0.3) is 0 Å². The van der Waals surface area contributed by atoms with Crippen LogP contribution in [-0.2, 0) is 14.6 Å². The van der Waals surface area contributed by atoms with Crippen molar-refractivity contribution in [2.45, 2.75) is 17.9 Å². The van der Waals surface area contributed by atoms with Gasteiger partial charge in [0.1, 0.15) is 5.82 Å². The normalized spacial score (nSPS) is 18.8. The molecule has 1 aromatic rings. The van der Waals surface area contributed by atoms with Crippen LogP contribution in [0.2, 0.25) is 0 Å². The minimum Gasteiger partial charge on any atom is -0.465 e. The number of sulfone groups is 1. The van der Waals surface area contributed by atoms with Crippen molar-refractivity contribution < 1.29 is 27.5 Å². The highest BCUT2D eigenvalue weighted by Crippen LogP contribution is 2.18. The van der Waals surface area contributed by atoms with Crippen LogP contribution in [0.1, 0.15) is 6.92 Å². The van der Waals surface area contributed by atoms with Crippen LogP contribution in [0.5, 0.6) is 0 Å². The summed E-state index contributed by atoms with van der Waals surface area (Å²) < 4.78 is 37.8. The Hall–Kier alpha value is -2.16. The van der Waals surface area contributed by atoms with Crippen molar-refractivity contribution >= 4 is 21.8 Å². The topological polar surface area (TPSA) is 95.0 Å². The van der Waals surface area contributed by atoms with Crippen molar-refractivity contribution in [3.8, 4) is 0 Å². The van der Waals surface area contributed by atoms with E-state index < -0.39 is 33.5 Å². The number of benzene rings is 1. The summed E-state index contributed by atoms with van der Waals surface area (Å²) in [5.41, 5.74) is 0. The smallest absolute Gasteiger partial charge is 0.407 e. The minimum absolute atomic E-state index is 0.0603. The van der Waals surface area contributed by atoms with Crippen molar-refractivity contribution in [2.75, 3.05) is 25.4 Å². The van der Waals surface area contributed by atoms with Gasteiger partial charge in [-0.2, -0.15) is 0 Å². The van der Waals surface area contributed by atoms with Gasteiger partial charge in [-0.15, -0.1) is 0 Å². The Labute approximate surface area is 133 Å². The highest BCUT2D eigenvalue weighted by Gasteiger charge is 2.34. The summed E-state index contributed by atoms with van der Waals surface area (Å²) in [7, 11) is -3.77. The minimum atomic E-state index is -3.77. The predicted octanol–water partition coefficient (Wildman–Crippen LogP) is 0.810. The molecule has 23 heavy (non-hydrogen) atoms. The SMILES string of the molecule is CC(=O)N1CCN(C(=O)O)C[C@H]1CS(=O)(=O)c1ccc(F)cc1.